The van der Waals surface area contributed by atoms with Crippen LogP contribution in [0.25, 0.3) is 0 Å². The van der Waals surface area contributed by atoms with E-state index in [0.717, 1.165) is 0 Å². The van der Waals surface area contributed by atoms with Crippen LogP contribution in [0.2, 0.25) is 0 Å². The van der Waals surface area contributed by atoms with Crippen LogP contribution in [0.15, 0.2) is 18.2 Å². The maximum Gasteiger partial charge on any atom is 0.234 e. The highest BCUT2D eigenvalue weighted by Gasteiger charge is 2.14. The van der Waals surface area contributed by atoms with E-state index in [1.807, 2.05) is 13.8 Å². The van der Waals surface area contributed by atoms with Gasteiger partial charge in [0.05, 0.1) is 13.1 Å². The van der Waals surface area contributed by atoms with Gasteiger partial charge in [0.25, 0.3) is 0 Å². The van der Waals surface area contributed by atoms with Crippen LogP contribution >= 0.6 is 0 Å². The van der Waals surface area contributed by atoms with Gasteiger partial charge in [0.1, 0.15) is 0 Å². The minimum atomic E-state index is -0.337. The molecule has 0 fully saturated rings. The van der Waals surface area contributed by atoms with Crippen LogP contribution in [0.1, 0.15) is 24.2 Å². The van der Waals surface area contributed by atoms with Crippen LogP contribution in [0.4, 0.5) is 0 Å². The Kier molecular flexibility index (Phi) is 5.52. The zero-order chi connectivity index (χ0) is 15.3. The summed E-state index contributed by atoms with van der Waals surface area (Å²) in [7, 11) is 1.66. The molecule has 6 nitrogen and oxygen atoms in total. The first kappa shape index (κ1) is 16.0. The number of nitrogens with one attached hydrogen (secondary N) is 1. The Morgan fingerprint density at radius 2 is 1.85 bits per heavy atom. The number of rotatable bonds is 6. The van der Waals surface area contributed by atoms with E-state index in [9.17, 15) is 19.8 Å². The molecule has 1 aromatic rings. The van der Waals surface area contributed by atoms with Gasteiger partial charge >= 0.3 is 0 Å². The van der Waals surface area contributed by atoms with Crippen LogP contribution in [0, 0.1) is 0 Å². The average molecular weight is 280 g/mol. The number of carbonyl (C=O) groups is 2. The lowest BCUT2D eigenvalue weighted by atomic mass is 10.1. The summed E-state index contributed by atoms with van der Waals surface area (Å²) < 4.78 is 0. The van der Waals surface area contributed by atoms with Gasteiger partial charge in [-0.1, -0.05) is 0 Å². The van der Waals surface area contributed by atoms with Crippen molar-refractivity contribution in [3.05, 3.63) is 23.8 Å². The molecule has 6 heteroatoms. The summed E-state index contributed by atoms with van der Waals surface area (Å²) in [6.45, 7) is 3.90. The second kappa shape index (κ2) is 6.91. The summed E-state index contributed by atoms with van der Waals surface area (Å²) in [5, 5.41) is 21.3. The van der Waals surface area contributed by atoms with Gasteiger partial charge in [-0.05, 0) is 39.1 Å². The van der Waals surface area contributed by atoms with Gasteiger partial charge in [0.15, 0.2) is 17.3 Å². The summed E-state index contributed by atoms with van der Waals surface area (Å²) in [4.78, 5) is 25.1. The molecule has 0 heterocycles. The summed E-state index contributed by atoms with van der Waals surface area (Å²) in [6, 6.07) is 3.95. The highest BCUT2D eigenvalue weighted by atomic mass is 16.3. The number of nitrogens with zero attached hydrogens (tertiary/aromatic N) is 1. The monoisotopic (exact) mass is 280 g/mol. The Morgan fingerprint density at radius 3 is 2.40 bits per heavy atom. The summed E-state index contributed by atoms with van der Waals surface area (Å²) in [5.41, 5.74) is 0.288. The van der Waals surface area contributed by atoms with Crippen LogP contribution in [0.3, 0.4) is 0 Å². The minimum Gasteiger partial charge on any atom is -0.504 e. The first-order valence-electron chi connectivity index (χ1n) is 6.32. The third kappa shape index (κ3) is 4.89. The zero-order valence-electron chi connectivity index (χ0n) is 11.9. The summed E-state index contributed by atoms with van der Waals surface area (Å²) in [6.07, 6.45) is 0. The van der Waals surface area contributed by atoms with Gasteiger partial charge in [-0.3, -0.25) is 14.5 Å². The van der Waals surface area contributed by atoms with Crippen molar-refractivity contribution in [1.82, 2.24) is 10.2 Å². The van der Waals surface area contributed by atoms with Crippen molar-refractivity contribution < 1.29 is 19.8 Å². The van der Waals surface area contributed by atoms with Crippen molar-refractivity contribution in [1.29, 1.82) is 0 Å². The summed E-state index contributed by atoms with van der Waals surface area (Å²) >= 11 is 0. The number of amides is 1. The number of phenolic OH excluding ortho intramolecular Hbond substituents is 2. The average Bonchev–Trinajstić information content (AvgIpc) is 2.30. The molecule has 3 N–H and O–H groups in total. The maximum atomic E-state index is 12.0. The molecule has 0 unspecified atom stereocenters. The van der Waals surface area contributed by atoms with Crippen molar-refractivity contribution in [2.45, 2.75) is 19.9 Å². The molecule has 1 rings (SSSR count). The van der Waals surface area contributed by atoms with Gasteiger partial charge in [0.2, 0.25) is 5.91 Å². The second-order valence-electron chi connectivity index (χ2n) is 5.02. The molecule has 0 bridgehead atoms. The van der Waals surface area contributed by atoms with Crippen molar-refractivity contribution in [3.63, 3.8) is 0 Å². The molecule has 0 radical (unpaired) electrons. The number of hydrogen-bond donors (Lipinski definition) is 3. The number of carbonyl (C=O) groups excluding carboxylic acids is 2. The molecule has 1 aromatic carbocycles. The van der Waals surface area contributed by atoms with Gasteiger partial charge < -0.3 is 15.5 Å². The SMILES string of the molecule is CC(C)NC(=O)CN(C)CC(=O)c1ccc(O)c(O)c1. The summed E-state index contributed by atoms with van der Waals surface area (Å²) in [5.74, 6) is -0.994. The molecule has 0 aromatic heterocycles. The smallest absolute Gasteiger partial charge is 0.234 e. The number of hydrogen-bond acceptors (Lipinski definition) is 5. The van der Waals surface area contributed by atoms with E-state index < -0.39 is 0 Å². The molecular formula is C14H20N2O4. The molecule has 1 amide bonds. The fourth-order valence-electron chi connectivity index (χ4n) is 1.70. The van der Waals surface area contributed by atoms with E-state index in [4.69, 9.17) is 0 Å². The molecule has 0 saturated carbocycles. The van der Waals surface area contributed by atoms with Gasteiger partial charge in [-0.25, -0.2) is 0 Å². The van der Waals surface area contributed by atoms with E-state index >= 15 is 0 Å². The van der Waals surface area contributed by atoms with E-state index in [0.29, 0.717) is 0 Å². The lowest BCUT2D eigenvalue weighted by molar-refractivity contribution is -0.122. The van der Waals surface area contributed by atoms with E-state index in [-0.39, 0.29) is 47.9 Å². The van der Waals surface area contributed by atoms with Crippen molar-refractivity contribution in [3.8, 4) is 11.5 Å². The third-order valence-electron chi connectivity index (χ3n) is 2.57. The fraction of sp³-hybridized carbons (Fsp3) is 0.429. The number of phenols is 2. The van der Waals surface area contributed by atoms with Crippen LogP contribution in [-0.2, 0) is 4.79 Å². The van der Waals surface area contributed by atoms with Crippen molar-refractivity contribution >= 4 is 11.7 Å². The quantitative estimate of drug-likeness (QED) is 0.528. The Labute approximate surface area is 118 Å². The molecule has 0 spiro atoms. The molecule has 0 saturated heterocycles. The van der Waals surface area contributed by atoms with Crippen LogP contribution < -0.4 is 5.32 Å². The zero-order valence-corrected chi connectivity index (χ0v) is 11.9. The molecule has 20 heavy (non-hydrogen) atoms. The minimum absolute atomic E-state index is 0.0513. The largest absolute Gasteiger partial charge is 0.504 e. The van der Waals surface area contributed by atoms with E-state index in [1.165, 1.54) is 18.2 Å². The topological polar surface area (TPSA) is 89.9 Å². The molecule has 110 valence electrons. The highest BCUT2D eigenvalue weighted by molar-refractivity contribution is 5.98. The van der Waals surface area contributed by atoms with Gasteiger partial charge in [-0.15, -0.1) is 0 Å². The fourth-order valence-corrected chi connectivity index (χ4v) is 1.70. The number of benzene rings is 1. The normalized spacial score (nSPS) is 10.8. The van der Waals surface area contributed by atoms with Crippen molar-refractivity contribution in [2.75, 3.05) is 20.1 Å². The van der Waals surface area contributed by atoms with Crippen LogP contribution in [0.5, 0.6) is 11.5 Å². The highest BCUT2D eigenvalue weighted by Crippen LogP contribution is 2.24. The van der Waals surface area contributed by atoms with Crippen LogP contribution in [-0.4, -0.2) is 53.0 Å². The first-order chi connectivity index (χ1) is 9.29. The predicted molar refractivity (Wildman–Crippen MR) is 74.9 cm³/mol. The maximum absolute atomic E-state index is 12.0. The van der Waals surface area contributed by atoms with E-state index in [1.54, 1.807) is 11.9 Å². The molecule has 0 aliphatic carbocycles. The lowest BCUT2D eigenvalue weighted by Crippen LogP contribution is -2.40. The first-order valence-corrected chi connectivity index (χ1v) is 6.32. The van der Waals surface area contributed by atoms with Gasteiger partial charge in [0, 0.05) is 11.6 Å². The Morgan fingerprint density at radius 1 is 1.20 bits per heavy atom. The van der Waals surface area contributed by atoms with Crippen molar-refractivity contribution in [2.24, 2.45) is 0 Å². The number of ketones is 1. The third-order valence-corrected chi connectivity index (χ3v) is 2.57. The molecule has 0 aliphatic heterocycles. The Balaban J connectivity index is 2.57. The Bertz CT molecular complexity index is 500. The molecule has 0 aliphatic rings. The Hall–Kier alpha value is -2.08. The second-order valence-corrected chi connectivity index (χ2v) is 5.02. The number of likely N-dealkylation sites (N-methyl/N-ethyl adjacent to an activating group) is 1. The standard InChI is InChI=1S/C14H20N2O4/c1-9(2)15-14(20)8-16(3)7-13(19)10-4-5-11(17)12(18)6-10/h4-6,9,17-18H,7-8H2,1-3H3,(H,15,20). The van der Waals surface area contributed by atoms with E-state index in [2.05, 4.69) is 5.32 Å². The molecule has 0 atom stereocenters. The lowest BCUT2D eigenvalue weighted by Gasteiger charge is -2.16. The number of Topliss-reactive ketones (excluding diaryl/α,β-unsaturated/α-hetero) is 1. The van der Waals surface area contributed by atoms with Gasteiger partial charge in [-0.2, -0.15) is 0 Å². The molecular weight excluding hydrogens is 260 g/mol. The predicted octanol–water partition coefficient (Wildman–Crippen LogP) is 0.737. The number of aromatic hydroxyl groups is 2.